The van der Waals surface area contributed by atoms with E-state index in [0.717, 1.165) is 0 Å². The third-order valence-corrected chi connectivity index (χ3v) is 2.46. The van der Waals surface area contributed by atoms with Crippen molar-refractivity contribution < 1.29 is 32.3 Å². The van der Waals surface area contributed by atoms with E-state index in [1.807, 2.05) is 0 Å². The summed E-state index contributed by atoms with van der Waals surface area (Å²) in [4.78, 5) is 33.8. The smallest absolute Gasteiger partial charge is 0.405 e. The Morgan fingerprint density at radius 3 is 2.41 bits per heavy atom. The van der Waals surface area contributed by atoms with Crippen molar-refractivity contribution in [3.8, 4) is 0 Å². The number of benzene rings is 1. The molecule has 2 N–H and O–H groups in total. The Kier molecular flexibility index (Phi) is 6.17. The Labute approximate surface area is 127 Å². The zero-order valence-corrected chi connectivity index (χ0v) is 11.6. The largest absolute Gasteiger partial charge is 0.452 e. The van der Waals surface area contributed by atoms with E-state index in [4.69, 9.17) is 11.6 Å². The highest BCUT2D eigenvalue weighted by Gasteiger charge is 2.28. The molecule has 0 bridgehead atoms. The number of imide groups is 1. The van der Waals surface area contributed by atoms with Crippen molar-refractivity contribution >= 4 is 29.5 Å². The molecule has 6 nitrogen and oxygen atoms in total. The summed E-state index contributed by atoms with van der Waals surface area (Å²) < 4.78 is 40.1. The zero-order valence-electron chi connectivity index (χ0n) is 10.9. The average molecular weight is 339 g/mol. The lowest BCUT2D eigenvalue weighted by Crippen LogP contribution is -2.44. The molecule has 0 radical (unpaired) electrons. The number of hydrogen-bond donors (Lipinski definition) is 2. The van der Waals surface area contributed by atoms with E-state index in [1.54, 1.807) is 11.4 Å². The Hall–Kier alpha value is -2.29. The minimum Gasteiger partial charge on any atom is -0.452 e. The molecule has 1 aromatic rings. The molecule has 120 valence electrons. The standard InChI is InChI=1S/C12H10ClF3N2O4/c13-8-4-2-1-3-7(8)10(20)22-5-9(19)18-11(21)17-6-12(14,15)16/h1-4H,5-6H2,(H2,17,18,19,21). The van der Waals surface area contributed by atoms with E-state index in [9.17, 15) is 27.6 Å². The van der Waals surface area contributed by atoms with Crippen LogP contribution in [0.3, 0.4) is 0 Å². The summed E-state index contributed by atoms with van der Waals surface area (Å²) in [7, 11) is 0. The fourth-order valence-electron chi connectivity index (χ4n) is 1.22. The van der Waals surface area contributed by atoms with Gasteiger partial charge in [0.2, 0.25) is 0 Å². The molecule has 0 saturated heterocycles. The lowest BCUT2D eigenvalue weighted by molar-refractivity contribution is -0.125. The summed E-state index contributed by atoms with van der Waals surface area (Å²) >= 11 is 5.73. The first-order chi connectivity index (χ1) is 10.2. The zero-order chi connectivity index (χ0) is 16.8. The summed E-state index contributed by atoms with van der Waals surface area (Å²) in [5, 5.41) is 3.11. The van der Waals surface area contributed by atoms with Crippen LogP contribution in [0.1, 0.15) is 10.4 Å². The van der Waals surface area contributed by atoms with Crippen molar-refractivity contribution in [1.82, 2.24) is 10.6 Å². The molecule has 0 saturated carbocycles. The molecule has 0 aliphatic heterocycles. The molecular formula is C12H10ClF3N2O4. The number of carbonyl (C=O) groups excluding carboxylic acids is 3. The first-order valence-corrected chi connectivity index (χ1v) is 6.13. The molecule has 1 rings (SSSR count). The number of urea groups is 1. The molecule has 0 aromatic heterocycles. The monoisotopic (exact) mass is 338 g/mol. The predicted octanol–water partition coefficient (Wildman–Crippen LogP) is 1.88. The van der Waals surface area contributed by atoms with Crippen LogP contribution in [0.2, 0.25) is 5.02 Å². The molecule has 0 fully saturated rings. The van der Waals surface area contributed by atoms with Gasteiger partial charge < -0.3 is 10.1 Å². The lowest BCUT2D eigenvalue weighted by Gasteiger charge is -2.09. The van der Waals surface area contributed by atoms with Crippen LogP contribution < -0.4 is 10.6 Å². The number of rotatable bonds is 4. The maximum Gasteiger partial charge on any atom is 0.405 e. The van der Waals surface area contributed by atoms with Crippen molar-refractivity contribution in [2.45, 2.75) is 6.18 Å². The van der Waals surface area contributed by atoms with E-state index >= 15 is 0 Å². The van der Waals surface area contributed by atoms with Crippen LogP contribution in [-0.2, 0) is 9.53 Å². The number of hydrogen-bond acceptors (Lipinski definition) is 4. The number of esters is 1. The average Bonchev–Trinajstić information content (AvgIpc) is 2.42. The highest BCUT2D eigenvalue weighted by molar-refractivity contribution is 6.33. The van der Waals surface area contributed by atoms with Crippen molar-refractivity contribution in [3.05, 3.63) is 34.9 Å². The molecule has 1 aromatic carbocycles. The predicted molar refractivity (Wildman–Crippen MR) is 69.3 cm³/mol. The molecule has 3 amide bonds. The molecule has 0 unspecified atom stereocenters. The fourth-order valence-corrected chi connectivity index (χ4v) is 1.44. The van der Waals surface area contributed by atoms with Crippen molar-refractivity contribution in [2.24, 2.45) is 0 Å². The van der Waals surface area contributed by atoms with E-state index in [0.29, 0.717) is 0 Å². The lowest BCUT2D eigenvalue weighted by atomic mass is 10.2. The number of amides is 3. The molecule has 0 aliphatic rings. The quantitative estimate of drug-likeness (QED) is 0.821. The topological polar surface area (TPSA) is 84.5 Å². The molecule has 0 aliphatic carbocycles. The van der Waals surface area contributed by atoms with Gasteiger partial charge in [-0.3, -0.25) is 10.1 Å². The Morgan fingerprint density at radius 2 is 1.82 bits per heavy atom. The van der Waals surface area contributed by atoms with Crippen molar-refractivity contribution in [3.63, 3.8) is 0 Å². The first kappa shape index (κ1) is 17.8. The van der Waals surface area contributed by atoms with Gasteiger partial charge in [-0.2, -0.15) is 13.2 Å². The SMILES string of the molecule is O=C(COC(=O)c1ccccc1Cl)NC(=O)NCC(F)(F)F. The van der Waals surface area contributed by atoms with Crippen LogP contribution >= 0.6 is 11.6 Å². The summed E-state index contributed by atoms with van der Waals surface area (Å²) in [6.45, 7) is -2.44. The normalized spacial score (nSPS) is 10.7. The number of ether oxygens (including phenoxy) is 1. The fraction of sp³-hybridized carbons (Fsp3) is 0.250. The van der Waals surface area contributed by atoms with Gasteiger partial charge in [0.25, 0.3) is 5.91 Å². The van der Waals surface area contributed by atoms with Crippen LogP contribution in [0, 0.1) is 0 Å². The summed E-state index contributed by atoms with van der Waals surface area (Å²) in [6.07, 6.45) is -4.60. The van der Waals surface area contributed by atoms with Gasteiger partial charge in [0.1, 0.15) is 6.54 Å². The molecule has 0 heterocycles. The van der Waals surface area contributed by atoms with Crippen molar-refractivity contribution in [2.75, 3.05) is 13.2 Å². The van der Waals surface area contributed by atoms with Crippen molar-refractivity contribution in [1.29, 1.82) is 0 Å². The highest BCUT2D eigenvalue weighted by Crippen LogP contribution is 2.15. The van der Waals surface area contributed by atoms with Gasteiger partial charge >= 0.3 is 18.2 Å². The van der Waals surface area contributed by atoms with Crippen LogP contribution in [0.4, 0.5) is 18.0 Å². The summed E-state index contributed by atoms with van der Waals surface area (Å²) in [6, 6.07) is 4.54. The van der Waals surface area contributed by atoms with E-state index in [2.05, 4.69) is 4.74 Å². The maximum atomic E-state index is 11.8. The van der Waals surface area contributed by atoms with E-state index in [1.165, 1.54) is 23.5 Å². The first-order valence-electron chi connectivity index (χ1n) is 5.75. The number of alkyl halides is 3. The second-order valence-corrected chi connectivity index (χ2v) is 4.31. The van der Waals surface area contributed by atoms with Crippen LogP contribution in [-0.4, -0.2) is 37.2 Å². The number of carbonyl (C=O) groups is 3. The second kappa shape index (κ2) is 7.64. The summed E-state index contributed by atoms with van der Waals surface area (Å²) in [5.74, 6) is -1.99. The molecule has 22 heavy (non-hydrogen) atoms. The van der Waals surface area contributed by atoms with Gasteiger partial charge in [0.15, 0.2) is 6.61 Å². The van der Waals surface area contributed by atoms with E-state index in [-0.39, 0.29) is 10.6 Å². The highest BCUT2D eigenvalue weighted by atomic mass is 35.5. The Morgan fingerprint density at radius 1 is 1.18 bits per heavy atom. The Bertz CT molecular complexity index is 578. The minimum absolute atomic E-state index is 0.0125. The van der Waals surface area contributed by atoms with Gasteiger partial charge in [0.05, 0.1) is 10.6 Å². The third kappa shape index (κ3) is 6.44. The van der Waals surface area contributed by atoms with E-state index < -0.39 is 37.2 Å². The van der Waals surface area contributed by atoms with Crippen LogP contribution in [0.5, 0.6) is 0 Å². The molecule has 0 spiro atoms. The van der Waals surface area contributed by atoms with Gasteiger partial charge in [-0.1, -0.05) is 23.7 Å². The van der Waals surface area contributed by atoms with Gasteiger partial charge in [-0.15, -0.1) is 0 Å². The summed E-state index contributed by atoms with van der Waals surface area (Å²) in [5.41, 5.74) is 0.0125. The molecular weight excluding hydrogens is 329 g/mol. The molecule has 0 atom stereocenters. The Balaban J connectivity index is 2.39. The van der Waals surface area contributed by atoms with Gasteiger partial charge in [0, 0.05) is 0 Å². The van der Waals surface area contributed by atoms with Crippen LogP contribution in [0.25, 0.3) is 0 Å². The number of nitrogens with one attached hydrogen (secondary N) is 2. The molecule has 10 heteroatoms. The van der Waals surface area contributed by atoms with Crippen LogP contribution in [0.15, 0.2) is 24.3 Å². The number of halogens is 4. The third-order valence-electron chi connectivity index (χ3n) is 2.13. The van der Waals surface area contributed by atoms with Gasteiger partial charge in [-0.05, 0) is 12.1 Å². The second-order valence-electron chi connectivity index (χ2n) is 3.90. The minimum atomic E-state index is -4.60. The van der Waals surface area contributed by atoms with Gasteiger partial charge in [-0.25, -0.2) is 9.59 Å². The maximum absolute atomic E-state index is 11.8.